The Bertz CT molecular complexity index is 1060. The van der Waals surface area contributed by atoms with Crippen molar-refractivity contribution < 1.29 is 14.3 Å². The fraction of sp³-hybridized carbons (Fsp3) is 0.167. The fourth-order valence-corrected chi connectivity index (χ4v) is 3.41. The van der Waals surface area contributed by atoms with Crippen LogP contribution in [0.15, 0.2) is 65.7 Å². The maximum absolute atomic E-state index is 12.2. The predicted molar refractivity (Wildman–Crippen MR) is 127 cm³/mol. The summed E-state index contributed by atoms with van der Waals surface area (Å²) in [6.45, 7) is 4.28. The summed E-state index contributed by atoms with van der Waals surface area (Å²) in [7, 11) is 0. The molecule has 0 saturated heterocycles. The minimum absolute atomic E-state index is 0.215. The van der Waals surface area contributed by atoms with Gasteiger partial charge in [0.1, 0.15) is 5.75 Å². The molecule has 5 nitrogen and oxygen atoms in total. The zero-order chi connectivity index (χ0) is 22.2. The molecule has 0 bridgehead atoms. The summed E-state index contributed by atoms with van der Waals surface area (Å²) in [4.78, 5) is 16.6. The molecular formula is C24H22Cl2N2O3. The maximum atomic E-state index is 12.2. The SMILES string of the molecule is CCOc1ccc(N=Cc2cc(Cl)c(OCC(=O)Nc3cccc(C)c3)c(Cl)c2)cc1. The van der Waals surface area contributed by atoms with Crippen LogP contribution in [-0.2, 0) is 4.79 Å². The second-order valence-electron chi connectivity index (χ2n) is 6.71. The minimum Gasteiger partial charge on any atom is -0.494 e. The van der Waals surface area contributed by atoms with Crippen LogP contribution in [0.5, 0.6) is 11.5 Å². The first-order chi connectivity index (χ1) is 14.9. The molecule has 160 valence electrons. The molecule has 3 aromatic carbocycles. The minimum atomic E-state index is -0.307. The number of aryl methyl sites for hydroxylation is 1. The van der Waals surface area contributed by atoms with Crippen molar-refractivity contribution in [3.8, 4) is 11.5 Å². The number of ether oxygens (including phenoxy) is 2. The van der Waals surface area contributed by atoms with Crippen molar-refractivity contribution in [1.82, 2.24) is 0 Å². The maximum Gasteiger partial charge on any atom is 0.262 e. The van der Waals surface area contributed by atoms with E-state index in [1.807, 2.05) is 62.4 Å². The first-order valence-electron chi connectivity index (χ1n) is 9.70. The summed E-state index contributed by atoms with van der Waals surface area (Å²) < 4.78 is 11.0. The number of nitrogens with zero attached hydrogens (tertiary/aromatic N) is 1. The molecule has 0 aliphatic rings. The van der Waals surface area contributed by atoms with Crippen LogP contribution in [0.1, 0.15) is 18.1 Å². The molecule has 3 rings (SSSR count). The van der Waals surface area contributed by atoms with Gasteiger partial charge in [-0.25, -0.2) is 0 Å². The van der Waals surface area contributed by atoms with Gasteiger partial charge in [-0.15, -0.1) is 0 Å². The lowest BCUT2D eigenvalue weighted by Crippen LogP contribution is -2.20. The highest BCUT2D eigenvalue weighted by molar-refractivity contribution is 6.37. The van der Waals surface area contributed by atoms with E-state index < -0.39 is 0 Å². The van der Waals surface area contributed by atoms with Gasteiger partial charge >= 0.3 is 0 Å². The molecule has 0 radical (unpaired) electrons. The van der Waals surface area contributed by atoms with Gasteiger partial charge in [-0.3, -0.25) is 9.79 Å². The molecule has 1 N–H and O–H groups in total. The van der Waals surface area contributed by atoms with E-state index in [4.69, 9.17) is 32.7 Å². The Morgan fingerprint density at radius 3 is 2.39 bits per heavy atom. The van der Waals surface area contributed by atoms with Gasteiger partial charge < -0.3 is 14.8 Å². The van der Waals surface area contributed by atoms with Crippen LogP contribution in [0, 0.1) is 6.92 Å². The lowest BCUT2D eigenvalue weighted by Gasteiger charge is -2.11. The number of aliphatic imine (C=N–C) groups is 1. The second-order valence-corrected chi connectivity index (χ2v) is 7.52. The van der Waals surface area contributed by atoms with Crippen LogP contribution < -0.4 is 14.8 Å². The summed E-state index contributed by atoms with van der Waals surface area (Å²) >= 11 is 12.6. The molecule has 0 aliphatic heterocycles. The smallest absolute Gasteiger partial charge is 0.262 e. The number of amides is 1. The lowest BCUT2D eigenvalue weighted by atomic mass is 10.2. The van der Waals surface area contributed by atoms with Crippen LogP contribution in [0.2, 0.25) is 10.0 Å². The number of halogens is 2. The molecule has 7 heteroatoms. The number of hydrogen-bond donors (Lipinski definition) is 1. The Labute approximate surface area is 191 Å². The predicted octanol–water partition coefficient (Wildman–Crippen LogP) is 6.47. The van der Waals surface area contributed by atoms with Crippen molar-refractivity contribution in [2.75, 3.05) is 18.5 Å². The third kappa shape index (κ3) is 6.74. The fourth-order valence-electron chi connectivity index (χ4n) is 2.79. The molecule has 0 aromatic heterocycles. The average Bonchev–Trinajstić information content (AvgIpc) is 2.73. The number of nitrogens with one attached hydrogen (secondary N) is 1. The van der Waals surface area contributed by atoms with Crippen molar-refractivity contribution in [1.29, 1.82) is 0 Å². The van der Waals surface area contributed by atoms with Gasteiger partial charge in [0.15, 0.2) is 12.4 Å². The van der Waals surface area contributed by atoms with Crippen molar-refractivity contribution in [2.24, 2.45) is 4.99 Å². The largest absolute Gasteiger partial charge is 0.494 e. The topological polar surface area (TPSA) is 59.9 Å². The van der Waals surface area contributed by atoms with Crippen molar-refractivity contribution in [3.63, 3.8) is 0 Å². The van der Waals surface area contributed by atoms with E-state index in [1.165, 1.54) is 0 Å². The summed E-state index contributed by atoms with van der Waals surface area (Å²) in [5.41, 5.74) is 3.23. The van der Waals surface area contributed by atoms with E-state index in [9.17, 15) is 4.79 Å². The quantitative estimate of drug-likeness (QED) is 0.395. The Morgan fingerprint density at radius 1 is 1.03 bits per heavy atom. The van der Waals surface area contributed by atoms with Crippen molar-refractivity contribution in [3.05, 3.63) is 81.8 Å². The number of rotatable bonds is 8. The molecule has 1 amide bonds. The highest BCUT2D eigenvalue weighted by Gasteiger charge is 2.12. The highest BCUT2D eigenvalue weighted by Crippen LogP contribution is 2.34. The number of hydrogen-bond acceptors (Lipinski definition) is 4. The molecule has 0 fully saturated rings. The number of carbonyl (C=O) groups excluding carboxylic acids is 1. The monoisotopic (exact) mass is 456 g/mol. The number of carbonyl (C=O) groups is 1. The van der Waals surface area contributed by atoms with Gasteiger partial charge in [0.05, 0.1) is 22.3 Å². The average molecular weight is 457 g/mol. The van der Waals surface area contributed by atoms with Crippen LogP contribution in [-0.4, -0.2) is 25.3 Å². The van der Waals surface area contributed by atoms with Gasteiger partial charge in [-0.1, -0.05) is 35.3 Å². The molecule has 0 heterocycles. The highest BCUT2D eigenvalue weighted by atomic mass is 35.5. The van der Waals surface area contributed by atoms with Crippen LogP contribution in [0.25, 0.3) is 0 Å². The van der Waals surface area contributed by atoms with E-state index in [1.54, 1.807) is 18.3 Å². The summed E-state index contributed by atoms with van der Waals surface area (Å²) in [6.07, 6.45) is 1.65. The van der Waals surface area contributed by atoms with Gasteiger partial charge in [0.25, 0.3) is 5.91 Å². The molecule has 31 heavy (non-hydrogen) atoms. The lowest BCUT2D eigenvalue weighted by molar-refractivity contribution is -0.118. The Balaban J connectivity index is 1.62. The molecule has 0 saturated carbocycles. The van der Waals surface area contributed by atoms with Gasteiger partial charge in [0.2, 0.25) is 0 Å². The third-order valence-corrected chi connectivity index (χ3v) is 4.74. The van der Waals surface area contributed by atoms with Crippen LogP contribution in [0.3, 0.4) is 0 Å². The number of anilines is 1. The zero-order valence-electron chi connectivity index (χ0n) is 17.2. The van der Waals surface area contributed by atoms with E-state index in [-0.39, 0.29) is 18.3 Å². The van der Waals surface area contributed by atoms with Gasteiger partial charge in [-0.05, 0) is 73.5 Å². The van der Waals surface area contributed by atoms with Gasteiger partial charge in [-0.2, -0.15) is 0 Å². The first kappa shape index (κ1) is 22.7. The Hall–Kier alpha value is -3.02. The Morgan fingerprint density at radius 2 is 1.74 bits per heavy atom. The standard InChI is InChI=1S/C24H22Cl2N2O3/c1-3-30-20-9-7-18(8-10-20)27-14-17-12-21(25)24(22(26)13-17)31-15-23(29)28-19-6-4-5-16(2)11-19/h4-14H,3,15H2,1-2H3,(H,28,29). The zero-order valence-corrected chi connectivity index (χ0v) is 18.7. The molecule has 3 aromatic rings. The molecule has 0 atom stereocenters. The number of benzene rings is 3. The normalized spacial score (nSPS) is 10.8. The van der Waals surface area contributed by atoms with Crippen LogP contribution in [0.4, 0.5) is 11.4 Å². The van der Waals surface area contributed by atoms with E-state index in [0.717, 1.165) is 17.0 Å². The van der Waals surface area contributed by atoms with Gasteiger partial charge in [0, 0.05) is 11.9 Å². The van der Waals surface area contributed by atoms with E-state index in [0.29, 0.717) is 27.9 Å². The van der Waals surface area contributed by atoms with Crippen molar-refractivity contribution in [2.45, 2.75) is 13.8 Å². The summed E-state index contributed by atoms with van der Waals surface area (Å²) in [5, 5.41) is 3.36. The molecule has 0 aliphatic carbocycles. The first-order valence-corrected chi connectivity index (χ1v) is 10.5. The molecule has 0 spiro atoms. The molecular weight excluding hydrogens is 435 g/mol. The van der Waals surface area contributed by atoms with Crippen LogP contribution >= 0.6 is 23.2 Å². The van der Waals surface area contributed by atoms with E-state index in [2.05, 4.69) is 10.3 Å². The summed E-state index contributed by atoms with van der Waals surface area (Å²) in [6, 6.07) is 18.3. The van der Waals surface area contributed by atoms with E-state index >= 15 is 0 Å². The summed E-state index contributed by atoms with van der Waals surface area (Å²) in [5.74, 6) is 0.736. The van der Waals surface area contributed by atoms with Crippen molar-refractivity contribution >= 4 is 46.7 Å². The third-order valence-electron chi connectivity index (χ3n) is 4.18. The Kier molecular flexibility index (Phi) is 7.93. The second kappa shape index (κ2) is 10.8. The molecule has 0 unspecified atom stereocenters.